The summed E-state index contributed by atoms with van der Waals surface area (Å²) < 4.78 is 5.95. The molecule has 0 saturated heterocycles. The number of carbonyl (C=O) groups excluding carboxylic acids is 1. The SMILES string of the molecule is N#CCOC(=O)c1cc(Br)cc(Br)c1N. The zero-order valence-corrected chi connectivity index (χ0v) is 10.6. The van der Waals surface area contributed by atoms with Gasteiger partial charge in [-0.1, -0.05) is 15.9 Å². The Labute approximate surface area is 103 Å². The van der Waals surface area contributed by atoms with E-state index < -0.39 is 5.97 Å². The topological polar surface area (TPSA) is 76.1 Å². The lowest BCUT2D eigenvalue weighted by Gasteiger charge is -2.06. The molecule has 0 aliphatic carbocycles. The number of benzene rings is 1. The second-order valence-corrected chi connectivity index (χ2v) is 4.35. The molecule has 0 bridgehead atoms. The van der Waals surface area contributed by atoms with E-state index in [1.54, 1.807) is 18.2 Å². The molecule has 6 heteroatoms. The van der Waals surface area contributed by atoms with Gasteiger partial charge in [0.05, 0.1) is 11.3 Å². The highest BCUT2D eigenvalue weighted by molar-refractivity contribution is 9.11. The van der Waals surface area contributed by atoms with Gasteiger partial charge in [-0.05, 0) is 28.1 Å². The van der Waals surface area contributed by atoms with Crippen molar-refractivity contribution in [1.82, 2.24) is 0 Å². The smallest absolute Gasteiger partial charge is 0.341 e. The van der Waals surface area contributed by atoms with Gasteiger partial charge in [0.1, 0.15) is 6.07 Å². The third-order valence-electron chi connectivity index (χ3n) is 1.58. The van der Waals surface area contributed by atoms with Crippen LogP contribution in [-0.2, 0) is 4.74 Å². The van der Waals surface area contributed by atoms with Gasteiger partial charge in [0, 0.05) is 8.95 Å². The minimum absolute atomic E-state index is 0.228. The van der Waals surface area contributed by atoms with E-state index in [9.17, 15) is 4.79 Å². The molecule has 0 fully saturated rings. The van der Waals surface area contributed by atoms with Gasteiger partial charge in [-0.2, -0.15) is 5.26 Å². The summed E-state index contributed by atoms with van der Waals surface area (Å²) >= 11 is 6.43. The Hall–Kier alpha value is -1.06. The Bertz CT molecular complexity index is 440. The van der Waals surface area contributed by atoms with Crippen molar-refractivity contribution < 1.29 is 9.53 Å². The van der Waals surface area contributed by atoms with Crippen LogP contribution in [0.3, 0.4) is 0 Å². The Morgan fingerprint density at radius 1 is 1.53 bits per heavy atom. The van der Waals surface area contributed by atoms with E-state index in [0.717, 1.165) is 0 Å². The zero-order valence-electron chi connectivity index (χ0n) is 7.46. The molecule has 4 nitrogen and oxygen atoms in total. The highest BCUT2D eigenvalue weighted by Crippen LogP contribution is 2.28. The van der Waals surface area contributed by atoms with Gasteiger partial charge in [0.15, 0.2) is 6.61 Å². The summed E-state index contributed by atoms with van der Waals surface area (Å²) in [6, 6.07) is 4.97. The maximum absolute atomic E-state index is 11.4. The van der Waals surface area contributed by atoms with E-state index >= 15 is 0 Å². The fourth-order valence-electron chi connectivity index (χ4n) is 0.929. The second kappa shape index (κ2) is 5.14. The molecule has 0 saturated carbocycles. The van der Waals surface area contributed by atoms with Gasteiger partial charge >= 0.3 is 5.97 Å². The molecule has 0 amide bonds. The van der Waals surface area contributed by atoms with Crippen molar-refractivity contribution in [3.05, 3.63) is 26.6 Å². The fraction of sp³-hybridized carbons (Fsp3) is 0.111. The molecule has 1 aromatic carbocycles. The molecule has 0 aliphatic rings. The minimum Gasteiger partial charge on any atom is -0.447 e. The normalized spacial score (nSPS) is 9.40. The van der Waals surface area contributed by atoms with E-state index in [4.69, 9.17) is 11.0 Å². The van der Waals surface area contributed by atoms with E-state index in [0.29, 0.717) is 14.6 Å². The van der Waals surface area contributed by atoms with Crippen LogP contribution in [0.5, 0.6) is 0 Å². The highest BCUT2D eigenvalue weighted by atomic mass is 79.9. The Kier molecular flexibility index (Phi) is 4.12. The number of halogens is 2. The van der Waals surface area contributed by atoms with Gasteiger partial charge in [0.25, 0.3) is 0 Å². The summed E-state index contributed by atoms with van der Waals surface area (Å²) in [7, 11) is 0. The maximum Gasteiger partial charge on any atom is 0.341 e. The number of nitrogen functional groups attached to an aromatic ring is 1. The van der Waals surface area contributed by atoms with E-state index in [2.05, 4.69) is 36.6 Å². The first-order chi connectivity index (χ1) is 7.06. The summed E-state index contributed by atoms with van der Waals surface area (Å²) in [6.07, 6.45) is 0. The van der Waals surface area contributed by atoms with Gasteiger partial charge in [-0.25, -0.2) is 4.79 Å². The lowest BCUT2D eigenvalue weighted by Crippen LogP contribution is -2.09. The summed E-state index contributed by atoms with van der Waals surface area (Å²) in [4.78, 5) is 11.4. The number of rotatable bonds is 2. The third kappa shape index (κ3) is 2.94. The first-order valence-corrected chi connectivity index (χ1v) is 5.43. The molecule has 78 valence electrons. The number of hydrogen-bond donors (Lipinski definition) is 1. The van der Waals surface area contributed by atoms with Crippen LogP contribution in [0.15, 0.2) is 21.1 Å². The van der Waals surface area contributed by atoms with Crippen molar-refractivity contribution in [3.8, 4) is 6.07 Å². The number of carbonyl (C=O) groups is 1. The Morgan fingerprint density at radius 3 is 2.80 bits per heavy atom. The van der Waals surface area contributed by atoms with E-state index in [1.807, 2.05) is 0 Å². The van der Waals surface area contributed by atoms with Crippen molar-refractivity contribution in [1.29, 1.82) is 5.26 Å². The molecule has 0 atom stereocenters. The lowest BCUT2D eigenvalue weighted by atomic mass is 10.2. The van der Waals surface area contributed by atoms with Crippen LogP contribution in [0.25, 0.3) is 0 Å². The Balaban J connectivity index is 3.04. The maximum atomic E-state index is 11.4. The molecule has 2 N–H and O–H groups in total. The van der Waals surface area contributed by atoms with Crippen LogP contribution in [0, 0.1) is 11.3 Å². The largest absolute Gasteiger partial charge is 0.447 e. The summed E-state index contributed by atoms with van der Waals surface area (Å²) in [5.41, 5.74) is 6.19. The average molecular weight is 334 g/mol. The predicted molar refractivity (Wildman–Crippen MR) is 62.1 cm³/mol. The molecule has 0 aliphatic heterocycles. The molecular formula is C9H6Br2N2O2. The molecule has 0 radical (unpaired) electrons. The zero-order chi connectivity index (χ0) is 11.4. The van der Waals surface area contributed by atoms with Crippen molar-refractivity contribution in [2.75, 3.05) is 12.3 Å². The minimum atomic E-state index is -0.615. The molecule has 15 heavy (non-hydrogen) atoms. The first kappa shape index (κ1) is 12.0. The van der Waals surface area contributed by atoms with Crippen molar-refractivity contribution in [2.45, 2.75) is 0 Å². The molecule has 1 aromatic rings. The van der Waals surface area contributed by atoms with Crippen LogP contribution < -0.4 is 5.73 Å². The highest BCUT2D eigenvalue weighted by Gasteiger charge is 2.14. The number of nitrogens with two attached hydrogens (primary N) is 1. The average Bonchev–Trinajstić information content (AvgIpc) is 2.19. The molecule has 0 unspecified atom stereocenters. The summed E-state index contributed by atoms with van der Waals surface area (Å²) in [5.74, 6) is -0.615. The number of anilines is 1. The number of esters is 1. The third-order valence-corrected chi connectivity index (χ3v) is 2.70. The number of nitriles is 1. The number of hydrogen-bond acceptors (Lipinski definition) is 4. The number of nitrogens with zero attached hydrogens (tertiary/aromatic N) is 1. The summed E-state index contributed by atoms with van der Waals surface area (Å²) in [5, 5.41) is 8.26. The van der Waals surface area contributed by atoms with Gasteiger partial charge in [0.2, 0.25) is 0 Å². The summed E-state index contributed by atoms with van der Waals surface area (Å²) in [6.45, 7) is -0.289. The van der Waals surface area contributed by atoms with Gasteiger partial charge < -0.3 is 10.5 Å². The Morgan fingerprint density at radius 2 is 2.20 bits per heavy atom. The van der Waals surface area contributed by atoms with Crippen molar-refractivity contribution >= 4 is 43.5 Å². The van der Waals surface area contributed by atoms with Crippen LogP contribution in [0.4, 0.5) is 5.69 Å². The predicted octanol–water partition coefficient (Wildman–Crippen LogP) is 2.47. The van der Waals surface area contributed by atoms with Crippen LogP contribution in [0.2, 0.25) is 0 Å². The second-order valence-electron chi connectivity index (χ2n) is 2.58. The molecule has 0 heterocycles. The van der Waals surface area contributed by atoms with Crippen LogP contribution >= 0.6 is 31.9 Å². The van der Waals surface area contributed by atoms with Crippen molar-refractivity contribution in [2.24, 2.45) is 0 Å². The van der Waals surface area contributed by atoms with Crippen molar-refractivity contribution in [3.63, 3.8) is 0 Å². The molecular weight excluding hydrogens is 328 g/mol. The van der Waals surface area contributed by atoms with E-state index in [-0.39, 0.29) is 12.2 Å². The monoisotopic (exact) mass is 332 g/mol. The fourth-order valence-corrected chi connectivity index (χ4v) is 2.15. The first-order valence-electron chi connectivity index (χ1n) is 3.85. The van der Waals surface area contributed by atoms with Crippen LogP contribution in [-0.4, -0.2) is 12.6 Å². The van der Waals surface area contributed by atoms with Crippen LogP contribution in [0.1, 0.15) is 10.4 Å². The molecule has 0 aromatic heterocycles. The van der Waals surface area contributed by atoms with E-state index in [1.165, 1.54) is 0 Å². The molecule has 0 spiro atoms. The standard InChI is InChI=1S/C9H6Br2N2O2/c10-5-3-6(8(13)7(11)4-5)9(14)15-2-1-12/h3-4H,2,13H2. The number of ether oxygens (including phenoxy) is 1. The van der Waals surface area contributed by atoms with Gasteiger partial charge in [-0.3, -0.25) is 0 Å². The quantitative estimate of drug-likeness (QED) is 0.666. The lowest BCUT2D eigenvalue weighted by molar-refractivity contribution is 0.0556. The molecule has 1 rings (SSSR count). The van der Waals surface area contributed by atoms with Gasteiger partial charge in [-0.15, -0.1) is 0 Å².